The van der Waals surface area contributed by atoms with E-state index in [1.54, 1.807) is 29.3 Å². The van der Waals surface area contributed by atoms with Gasteiger partial charge < -0.3 is 9.64 Å². The van der Waals surface area contributed by atoms with Crippen molar-refractivity contribution in [1.82, 2.24) is 9.88 Å². The van der Waals surface area contributed by atoms with Crippen LogP contribution in [-0.4, -0.2) is 50.5 Å². The number of nitrogens with zero attached hydrogens (tertiary/aromatic N) is 2. The monoisotopic (exact) mass is 367 g/mol. The number of nitrogens with one attached hydrogen (secondary N) is 1. The number of hydrogen-bond acceptors (Lipinski definition) is 6. The number of sulfonamides is 1. The summed E-state index contributed by atoms with van der Waals surface area (Å²) in [6.45, 7) is 3.79. The number of benzene rings is 1. The van der Waals surface area contributed by atoms with E-state index in [9.17, 15) is 13.2 Å². The van der Waals surface area contributed by atoms with Gasteiger partial charge in [0.2, 0.25) is 0 Å². The molecule has 0 bridgehead atoms. The van der Waals surface area contributed by atoms with Crippen LogP contribution in [0.4, 0.5) is 5.13 Å². The van der Waals surface area contributed by atoms with E-state index in [-0.39, 0.29) is 10.8 Å². The molecule has 1 fully saturated rings. The van der Waals surface area contributed by atoms with Crippen LogP contribution in [0.25, 0.3) is 0 Å². The van der Waals surface area contributed by atoms with E-state index >= 15 is 0 Å². The summed E-state index contributed by atoms with van der Waals surface area (Å²) < 4.78 is 32.6. The van der Waals surface area contributed by atoms with Crippen molar-refractivity contribution in [2.45, 2.75) is 11.8 Å². The van der Waals surface area contributed by atoms with Gasteiger partial charge >= 0.3 is 0 Å². The minimum Gasteiger partial charge on any atom is -0.378 e. The van der Waals surface area contributed by atoms with Crippen molar-refractivity contribution in [2.24, 2.45) is 0 Å². The van der Waals surface area contributed by atoms with Crippen LogP contribution in [0.15, 0.2) is 34.5 Å². The molecule has 9 heteroatoms. The second-order valence-corrected chi connectivity index (χ2v) is 7.87. The molecule has 1 saturated heterocycles. The average Bonchev–Trinajstić information content (AvgIpc) is 2.99. The molecule has 7 nitrogen and oxygen atoms in total. The predicted molar refractivity (Wildman–Crippen MR) is 90.8 cm³/mol. The van der Waals surface area contributed by atoms with Crippen molar-refractivity contribution in [1.29, 1.82) is 0 Å². The van der Waals surface area contributed by atoms with Crippen molar-refractivity contribution in [3.8, 4) is 0 Å². The van der Waals surface area contributed by atoms with Crippen molar-refractivity contribution in [2.75, 3.05) is 31.0 Å². The molecule has 1 N–H and O–H groups in total. The molecule has 0 saturated carbocycles. The van der Waals surface area contributed by atoms with Gasteiger partial charge in [0, 0.05) is 24.0 Å². The number of thiazole rings is 1. The standard InChI is InChI=1S/C15H17N3O4S2/c1-11-10-23-15(16-11)17-24(20,21)13-4-2-3-12(9-13)14(19)18-5-7-22-8-6-18/h2-4,9-10H,5-8H2,1H3,(H,16,17). The number of morpholine rings is 1. The van der Waals surface area contributed by atoms with Crippen LogP contribution in [-0.2, 0) is 14.8 Å². The Balaban J connectivity index is 1.82. The summed E-state index contributed by atoms with van der Waals surface area (Å²) in [5.41, 5.74) is 1.09. The second kappa shape index (κ2) is 6.88. The molecule has 24 heavy (non-hydrogen) atoms. The lowest BCUT2D eigenvalue weighted by molar-refractivity contribution is 0.0302. The number of aromatic nitrogens is 1. The Bertz CT molecular complexity index is 842. The van der Waals surface area contributed by atoms with Gasteiger partial charge in [-0.3, -0.25) is 9.52 Å². The number of carbonyl (C=O) groups is 1. The van der Waals surface area contributed by atoms with E-state index in [4.69, 9.17) is 4.74 Å². The Kier molecular flexibility index (Phi) is 4.83. The minimum atomic E-state index is -3.78. The normalized spacial score (nSPS) is 15.3. The molecule has 1 aromatic carbocycles. The Morgan fingerprint density at radius 1 is 1.33 bits per heavy atom. The molecular formula is C15H17N3O4S2. The van der Waals surface area contributed by atoms with E-state index in [1.807, 2.05) is 0 Å². The predicted octanol–water partition coefficient (Wildman–Crippen LogP) is 1.72. The van der Waals surface area contributed by atoms with Gasteiger partial charge in [-0.1, -0.05) is 6.07 Å². The fourth-order valence-corrected chi connectivity index (χ4v) is 4.31. The maximum absolute atomic E-state index is 12.5. The highest BCUT2D eigenvalue weighted by molar-refractivity contribution is 7.93. The van der Waals surface area contributed by atoms with Gasteiger partial charge in [-0.2, -0.15) is 0 Å². The molecule has 0 aliphatic carbocycles. The summed E-state index contributed by atoms with van der Waals surface area (Å²) in [4.78, 5) is 18.3. The molecule has 1 amide bonds. The fraction of sp³-hybridized carbons (Fsp3) is 0.333. The van der Waals surface area contributed by atoms with Crippen molar-refractivity contribution >= 4 is 32.4 Å². The average molecular weight is 367 g/mol. The van der Waals surface area contributed by atoms with Gasteiger partial charge in [0.05, 0.1) is 23.8 Å². The van der Waals surface area contributed by atoms with Gasteiger partial charge in [0.15, 0.2) is 5.13 Å². The third-order valence-electron chi connectivity index (χ3n) is 3.53. The largest absolute Gasteiger partial charge is 0.378 e. The van der Waals surface area contributed by atoms with Gasteiger partial charge in [-0.05, 0) is 25.1 Å². The van der Waals surface area contributed by atoms with E-state index in [0.29, 0.717) is 37.0 Å². The molecule has 0 unspecified atom stereocenters. The van der Waals surface area contributed by atoms with Crippen molar-refractivity contribution < 1.29 is 17.9 Å². The highest BCUT2D eigenvalue weighted by atomic mass is 32.2. The van der Waals surface area contributed by atoms with E-state index in [0.717, 1.165) is 5.69 Å². The van der Waals surface area contributed by atoms with Gasteiger partial charge in [-0.25, -0.2) is 13.4 Å². The lowest BCUT2D eigenvalue weighted by Gasteiger charge is -2.27. The minimum absolute atomic E-state index is 0.0365. The van der Waals surface area contributed by atoms with Crippen molar-refractivity contribution in [3.63, 3.8) is 0 Å². The third kappa shape index (κ3) is 3.74. The molecule has 1 aliphatic heterocycles. The zero-order valence-corrected chi connectivity index (χ0v) is 14.7. The zero-order chi connectivity index (χ0) is 17.2. The topological polar surface area (TPSA) is 88.6 Å². The Labute approximate surface area is 144 Å². The molecule has 0 spiro atoms. The number of carbonyl (C=O) groups excluding carboxylic acids is 1. The first-order valence-electron chi connectivity index (χ1n) is 7.38. The van der Waals surface area contributed by atoms with E-state index in [1.165, 1.54) is 23.5 Å². The first-order chi connectivity index (χ1) is 11.5. The zero-order valence-electron chi connectivity index (χ0n) is 13.1. The summed E-state index contributed by atoms with van der Waals surface area (Å²) >= 11 is 1.21. The number of ether oxygens (including phenoxy) is 1. The van der Waals surface area contributed by atoms with Gasteiger partial charge in [0.1, 0.15) is 0 Å². The molecule has 1 aliphatic rings. The van der Waals surface area contributed by atoms with Crippen LogP contribution in [0.3, 0.4) is 0 Å². The van der Waals surface area contributed by atoms with Crippen LogP contribution in [0.1, 0.15) is 16.1 Å². The summed E-state index contributed by atoms with van der Waals surface area (Å²) in [5.74, 6) is -0.194. The van der Waals surface area contributed by atoms with Crippen LogP contribution >= 0.6 is 11.3 Å². The van der Waals surface area contributed by atoms with Crippen molar-refractivity contribution in [3.05, 3.63) is 40.9 Å². The van der Waals surface area contributed by atoms with Crippen LogP contribution in [0.5, 0.6) is 0 Å². The Morgan fingerprint density at radius 3 is 2.75 bits per heavy atom. The molecule has 1 aromatic heterocycles. The lowest BCUT2D eigenvalue weighted by Crippen LogP contribution is -2.40. The fourth-order valence-electron chi connectivity index (χ4n) is 2.32. The van der Waals surface area contributed by atoms with Gasteiger partial charge in [-0.15, -0.1) is 11.3 Å². The summed E-state index contributed by atoms with van der Waals surface area (Å²) in [6, 6.07) is 6.03. The number of aryl methyl sites for hydroxylation is 1. The molecular weight excluding hydrogens is 350 g/mol. The molecule has 3 rings (SSSR count). The maximum Gasteiger partial charge on any atom is 0.263 e. The number of amides is 1. The highest BCUT2D eigenvalue weighted by Crippen LogP contribution is 2.21. The lowest BCUT2D eigenvalue weighted by atomic mass is 10.2. The van der Waals surface area contributed by atoms with E-state index < -0.39 is 10.0 Å². The summed E-state index contributed by atoms with van der Waals surface area (Å²) in [7, 11) is -3.78. The SMILES string of the molecule is Cc1csc(NS(=O)(=O)c2cccc(C(=O)N3CCOCC3)c2)n1. The Hall–Kier alpha value is -1.97. The van der Waals surface area contributed by atoms with Gasteiger partial charge in [0.25, 0.3) is 15.9 Å². The maximum atomic E-state index is 12.5. The van der Waals surface area contributed by atoms with Crippen LogP contribution in [0, 0.1) is 6.92 Å². The first kappa shape index (κ1) is 16.9. The first-order valence-corrected chi connectivity index (χ1v) is 9.74. The second-order valence-electron chi connectivity index (χ2n) is 5.33. The smallest absolute Gasteiger partial charge is 0.263 e. The molecule has 0 atom stereocenters. The third-order valence-corrected chi connectivity index (χ3v) is 5.87. The molecule has 2 heterocycles. The number of anilines is 1. The summed E-state index contributed by atoms with van der Waals surface area (Å²) in [5, 5.41) is 2.06. The number of hydrogen-bond donors (Lipinski definition) is 1. The van der Waals surface area contributed by atoms with E-state index in [2.05, 4.69) is 9.71 Å². The molecule has 2 aromatic rings. The number of rotatable bonds is 4. The Morgan fingerprint density at radius 2 is 2.08 bits per heavy atom. The van der Waals surface area contributed by atoms with Crippen LogP contribution < -0.4 is 4.72 Å². The highest BCUT2D eigenvalue weighted by Gasteiger charge is 2.21. The molecule has 0 radical (unpaired) electrons. The molecule has 128 valence electrons. The quantitative estimate of drug-likeness (QED) is 0.889. The summed E-state index contributed by atoms with van der Waals surface area (Å²) in [6.07, 6.45) is 0. The van der Waals surface area contributed by atoms with Crippen LogP contribution in [0.2, 0.25) is 0 Å².